The number of nitrogens with zero attached hydrogens (tertiary/aromatic N) is 1. The van der Waals surface area contributed by atoms with E-state index in [1.54, 1.807) is 0 Å². The van der Waals surface area contributed by atoms with Crippen molar-refractivity contribution in [1.82, 2.24) is 4.98 Å². The first-order valence-electron chi connectivity index (χ1n) is 7.68. The van der Waals surface area contributed by atoms with Crippen LogP contribution in [0.1, 0.15) is 49.9 Å². The van der Waals surface area contributed by atoms with Gasteiger partial charge in [-0.05, 0) is 44.7 Å². The highest BCUT2D eigenvalue weighted by Gasteiger charge is 2.42. The second kappa shape index (κ2) is 5.70. The van der Waals surface area contributed by atoms with Crippen molar-refractivity contribution >= 4 is 0 Å². The summed E-state index contributed by atoms with van der Waals surface area (Å²) in [5, 5.41) is 0. The molecule has 4 heteroatoms. The molecule has 2 aliphatic rings. The quantitative estimate of drug-likeness (QED) is 0.918. The maximum Gasteiger partial charge on any atom is 0.142 e. The lowest BCUT2D eigenvalue weighted by atomic mass is 9.98. The summed E-state index contributed by atoms with van der Waals surface area (Å²) in [5.41, 5.74) is 7.70. The molecular formula is C16H24N2O2. The van der Waals surface area contributed by atoms with Crippen LogP contribution in [0.5, 0.6) is 5.75 Å². The van der Waals surface area contributed by atoms with E-state index in [0.717, 1.165) is 23.6 Å². The summed E-state index contributed by atoms with van der Waals surface area (Å²) >= 11 is 0. The Kier molecular flexibility index (Phi) is 3.94. The Balaban J connectivity index is 1.57. The van der Waals surface area contributed by atoms with E-state index in [4.69, 9.17) is 15.2 Å². The van der Waals surface area contributed by atoms with Crippen molar-refractivity contribution in [3.63, 3.8) is 0 Å². The van der Waals surface area contributed by atoms with Gasteiger partial charge < -0.3 is 15.2 Å². The van der Waals surface area contributed by atoms with Crippen molar-refractivity contribution in [2.24, 2.45) is 5.73 Å². The van der Waals surface area contributed by atoms with E-state index in [9.17, 15) is 0 Å². The minimum Gasteiger partial charge on any atom is -0.489 e. The van der Waals surface area contributed by atoms with Crippen LogP contribution in [0, 0.1) is 6.92 Å². The highest BCUT2D eigenvalue weighted by atomic mass is 16.6. The van der Waals surface area contributed by atoms with Crippen molar-refractivity contribution in [3.05, 3.63) is 23.5 Å². The van der Waals surface area contributed by atoms with Crippen LogP contribution in [0.2, 0.25) is 0 Å². The Morgan fingerprint density at radius 2 is 2.15 bits per heavy atom. The zero-order valence-corrected chi connectivity index (χ0v) is 12.2. The van der Waals surface area contributed by atoms with Crippen molar-refractivity contribution in [2.75, 3.05) is 6.61 Å². The molecule has 0 amide bonds. The van der Waals surface area contributed by atoms with Gasteiger partial charge in [0.25, 0.3) is 0 Å². The summed E-state index contributed by atoms with van der Waals surface area (Å²) in [6, 6.07) is 3.92. The van der Waals surface area contributed by atoms with Crippen molar-refractivity contribution in [3.8, 4) is 5.75 Å². The monoisotopic (exact) mass is 276 g/mol. The molecule has 1 saturated carbocycles. The lowest BCUT2D eigenvalue weighted by molar-refractivity contribution is -0.0510. The van der Waals surface area contributed by atoms with Crippen molar-refractivity contribution < 1.29 is 9.47 Å². The molecule has 1 aromatic rings. The van der Waals surface area contributed by atoms with Gasteiger partial charge in [0.05, 0.1) is 17.4 Å². The van der Waals surface area contributed by atoms with Gasteiger partial charge in [0, 0.05) is 12.2 Å². The zero-order valence-electron chi connectivity index (χ0n) is 12.2. The zero-order chi connectivity index (χ0) is 14.0. The fourth-order valence-electron chi connectivity index (χ4n) is 3.46. The van der Waals surface area contributed by atoms with Crippen molar-refractivity contribution in [1.29, 1.82) is 0 Å². The smallest absolute Gasteiger partial charge is 0.142 e. The molecule has 1 aliphatic heterocycles. The molecule has 2 fully saturated rings. The van der Waals surface area contributed by atoms with E-state index >= 15 is 0 Å². The molecule has 1 unspecified atom stereocenters. The van der Waals surface area contributed by atoms with Crippen LogP contribution in [0.3, 0.4) is 0 Å². The van der Waals surface area contributed by atoms with E-state index < -0.39 is 0 Å². The van der Waals surface area contributed by atoms with Gasteiger partial charge in [0.2, 0.25) is 0 Å². The number of rotatable bonds is 4. The largest absolute Gasteiger partial charge is 0.489 e. The van der Waals surface area contributed by atoms with Crippen LogP contribution >= 0.6 is 0 Å². The first kappa shape index (κ1) is 13.8. The average Bonchev–Trinajstić information content (AvgIpc) is 3.08. The van der Waals surface area contributed by atoms with Gasteiger partial charge in [-0.25, -0.2) is 0 Å². The summed E-state index contributed by atoms with van der Waals surface area (Å²) in [6.07, 6.45) is 7.60. The fourth-order valence-corrected chi connectivity index (χ4v) is 3.46. The number of ether oxygens (including phenoxy) is 2. The third-order valence-electron chi connectivity index (χ3n) is 4.54. The van der Waals surface area contributed by atoms with E-state index in [0.29, 0.717) is 13.2 Å². The average molecular weight is 276 g/mol. The summed E-state index contributed by atoms with van der Waals surface area (Å²) in [5.74, 6) is 0.800. The molecule has 2 N–H and O–H groups in total. The second-order valence-electron chi connectivity index (χ2n) is 6.08. The van der Waals surface area contributed by atoms with Crippen molar-refractivity contribution in [2.45, 2.75) is 63.7 Å². The highest BCUT2D eigenvalue weighted by Crippen LogP contribution is 2.43. The summed E-state index contributed by atoms with van der Waals surface area (Å²) < 4.78 is 12.2. The number of aryl methyl sites for hydroxylation is 1. The van der Waals surface area contributed by atoms with Gasteiger partial charge in [-0.1, -0.05) is 12.8 Å². The van der Waals surface area contributed by atoms with Crippen LogP contribution < -0.4 is 10.5 Å². The molecule has 1 aromatic heterocycles. The number of hydrogen-bond acceptors (Lipinski definition) is 4. The Morgan fingerprint density at radius 1 is 1.35 bits per heavy atom. The Bertz CT molecular complexity index is 470. The van der Waals surface area contributed by atoms with Crippen LogP contribution in [0.4, 0.5) is 0 Å². The van der Waals surface area contributed by atoms with Gasteiger partial charge >= 0.3 is 0 Å². The number of nitrogens with two attached hydrogens (primary N) is 1. The van der Waals surface area contributed by atoms with Crippen LogP contribution in [-0.4, -0.2) is 23.3 Å². The SMILES string of the molecule is Cc1ccc(OCC2CCC3(CCCC3)O2)c(CN)n1. The van der Waals surface area contributed by atoms with Crippen LogP contribution in [-0.2, 0) is 11.3 Å². The lowest BCUT2D eigenvalue weighted by Crippen LogP contribution is -2.27. The molecule has 1 spiro atoms. The summed E-state index contributed by atoms with van der Waals surface area (Å²) in [4.78, 5) is 4.42. The molecule has 20 heavy (non-hydrogen) atoms. The molecule has 2 heterocycles. The van der Waals surface area contributed by atoms with E-state index in [-0.39, 0.29) is 11.7 Å². The van der Waals surface area contributed by atoms with Gasteiger partial charge in [0.1, 0.15) is 12.4 Å². The second-order valence-corrected chi connectivity index (χ2v) is 6.08. The van der Waals surface area contributed by atoms with Gasteiger partial charge in [-0.2, -0.15) is 0 Å². The van der Waals surface area contributed by atoms with E-state index in [2.05, 4.69) is 4.98 Å². The first-order valence-corrected chi connectivity index (χ1v) is 7.68. The lowest BCUT2D eigenvalue weighted by Gasteiger charge is -2.24. The predicted octanol–water partition coefficient (Wildman–Crippen LogP) is 2.72. The maximum atomic E-state index is 6.25. The minimum atomic E-state index is 0.177. The summed E-state index contributed by atoms with van der Waals surface area (Å²) in [7, 11) is 0. The Morgan fingerprint density at radius 3 is 2.90 bits per heavy atom. The Hall–Kier alpha value is -1.13. The molecular weight excluding hydrogens is 252 g/mol. The number of pyridine rings is 1. The number of aromatic nitrogens is 1. The van der Waals surface area contributed by atoms with Gasteiger partial charge in [-0.3, -0.25) is 4.98 Å². The maximum absolute atomic E-state index is 6.25. The minimum absolute atomic E-state index is 0.177. The number of hydrogen-bond donors (Lipinski definition) is 1. The molecule has 1 aliphatic carbocycles. The molecule has 0 radical (unpaired) electrons. The topological polar surface area (TPSA) is 57.4 Å². The van der Waals surface area contributed by atoms with E-state index in [1.165, 1.54) is 32.1 Å². The third kappa shape index (κ3) is 2.81. The standard InChI is InChI=1S/C16H24N2O2/c1-12-4-5-15(14(10-17)18-12)19-11-13-6-9-16(20-13)7-2-3-8-16/h4-5,13H,2-3,6-11,17H2,1H3. The fraction of sp³-hybridized carbons (Fsp3) is 0.688. The molecule has 110 valence electrons. The molecule has 0 aromatic carbocycles. The predicted molar refractivity (Wildman–Crippen MR) is 77.7 cm³/mol. The van der Waals surface area contributed by atoms with Crippen LogP contribution in [0.25, 0.3) is 0 Å². The highest BCUT2D eigenvalue weighted by molar-refractivity contribution is 5.29. The van der Waals surface area contributed by atoms with Gasteiger partial charge in [0.15, 0.2) is 0 Å². The molecule has 1 atom stereocenters. The Labute approximate surface area is 120 Å². The normalized spacial score (nSPS) is 24.4. The third-order valence-corrected chi connectivity index (χ3v) is 4.54. The molecule has 4 nitrogen and oxygen atoms in total. The summed E-state index contributed by atoms with van der Waals surface area (Å²) in [6.45, 7) is 2.98. The van der Waals surface area contributed by atoms with Crippen LogP contribution in [0.15, 0.2) is 12.1 Å². The van der Waals surface area contributed by atoms with E-state index in [1.807, 2.05) is 19.1 Å². The molecule has 0 bridgehead atoms. The molecule has 1 saturated heterocycles. The first-order chi connectivity index (χ1) is 9.71. The molecule has 3 rings (SSSR count). The van der Waals surface area contributed by atoms with Gasteiger partial charge in [-0.15, -0.1) is 0 Å².